The number of halogens is 1. The first-order valence-electron chi connectivity index (χ1n) is 6.36. The Morgan fingerprint density at radius 2 is 2.21 bits per heavy atom. The Bertz CT molecular complexity index is 504. The van der Waals surface area contributed by atoms with Crippen LogP contribution in [0.15, 0.2) is 12.1 Å². The van der Waals surface area contributed by atoms with Gasteiger partial charge < -0.3 is 15.4 Å². The topological polar surface area (TPSA) is 55.6 Å². The second-order valence-electron chi connectivity index (χ2n) is 5.05. The SMILES string of the molecule is Cc1cc(N)cc(C(=O)N(C)C2CCOC2C)c1F. The summed E-state index contributed by atoms with van der Waals surface area (Å²) in [6.45, 7) is 4.15. The molecule has 1 aliphatic rings. The van der Waals surface area contributed by atoms with Crippen LogP contribution in [0.25, 0.3) is 0 Å². The zero-order valence-corrected chi connectivity index (χ0v) is 11.4. The van der Waals surface area contributed by atoms with Gasteiger partial charge in [-0.1, -0.05) is 0 Å². The van der Waals surface area contributed by atoms with E-state index in [0.29, 0.717) is 17.9 Å². The smallest absolute Gasteiger partial charge is 0.256 e. The average molecular weight is 266 g/mol. The number of benzene rings is 1. The van der Waals surface area contributed by atoms with E-state index < -0.39 is 5.82 Å². The van der Waals surface area contributed by atoms with Crippen LogP contribution in [0.3, 0.4) is 0 Å². The van der Waals surface area contributed by atoms with Crippen LogP contribution in [0.5, 0.6) is 0 Å². The summed E-state index contributed by atoms with van der Waals surface area (Å²) >= 11 is 0. The van der Waals surface area contributed by atoms with E-state index in [2.05, 4.69) is 0 Å². The number of nitrogens with zero attached hydrogens (tertiary/aromatic N) is 1. The number of nitrogens with two attached hydrogens (primary N) is 1. The lowest BCUT2D eigenvalue weighted by Gasteiger charge is -2.27. The van der Waals surface area contributed by atoms with Crippen molar-refractivity contribution < 1.29 is 13.9 Å². The van der Waals surface area contributed by atoms with Gasteiger partial charge in [0.25, 0.3) is 5.91 Å². The molecule has 19 heavy (non-hydrogen) atoms. The molecule has 1 fully saturated rings. The van der Waals surface area contributed by atoms with Crippen molar-refractivity contribution in [3.05, 3.63) is 29.1 Å². The largest absolute Gasteiger partial charge is 0.399 e. The molecule has 1 amide bonds. The van der Waals surface area contributed by atoms with E-state index in [-0.39, 0.29) is 23.6 Å². The summed E-state index contributed by atoms with van der Waals surface area (Å²) < 4.78 is 19.5. The Morgan fingerprint density at radius 3 is 2.79 bits per heavy atom. The van der Waals surface area contributed by atoms with Crippen LogP contribution in [-0.2, 0) is 4.74 Å². The van der Waals surface area contributed by atoms with E-state index in [9.17, 15) is 9.18 Å². The highest BCUT2D eigenvalue weighted by Gasteiger charge is 2.32. The summed E-state index contributed by atoms with van der Waals surface area (Å²) in [7, 11) is 1.68. The molecule has 5 heteroatoms. The van der Waals surface area contributed by atoms with Crippen LogP contribution < -0.4 is 5.73 Å². The first kappa shape index (κ1) is 13.8. The van der Waals surface area contributed by atoms with E-state index in [1.54, 1.807) is 18.9 Å². The van der Waals surface area contributed by atoms with E-state index in [1.807, 2.05) is 6.92 Å². The van der Waals surface area contributed by atoms with Crippen molar-refractivity contribution >= 4 is 11.6 Å². The number of likely N-dealkylation sites (N-methyl/N-ethyl adjacent to an activating group) is 1. The third-order valence-corrected chi connectivity index (χ3v) is 3.66. The van der Waals surface area contributed by atoms with Crippen LogP contribution in [0, 0.1) is 12.7 Å². The molecule has 2 atom stereocenters. The average Bonchev–Trinajstić information content (AvgIpc) is 2.78. The van der Waals surface area contributed by atoms with Crippen LogP contribution in [0.2, 0.25) is 0 Å². The number of hydrogen-bond acceptors (Lipinski definition) is 3. The Balaban J connectivity index is 2.29. The minimum atomic E-state index is -0.502. The van der Waals surface area contributed by atoms with Crippen molar-refractivity contribution in [3.8, 4) is 0 Å². The first-order chi connectivity index (χ1) is 8.91. The Labute approximate surface area is 112 Å². The molecule has 0 saturated carbocycles. The van der Waals surface area contributed by atoms with Crippen LogP contribution in [0.4, 0.5) is 10.1 Å². The molecule has 0 radical (unpaired) electrons. The maximum absolute atomic E-state index is 14.0. The number of rotatable bonds is 2. The summed E-state index contributed by atoms with van der Waals surface area (Å²) in [5, 5.41) is 0. The van der Waals surface area contributed by atoms with Gasteiger partial charge in [0.15, 0.2) is 0 Å². The number of carbonyl (C=O) groups excluding carboxylic acids is 1. The summed E-state index contributed by atoms with van der Waals surface area (Å²) in [6.07, 6.45) is 0.742. The van der Waals surface area contributed by atoms with Crippen LogP contribution in [0.1, 0.15) is 29.3 Å². The fraction of sp³-hybridized carbons (Fsp3) is 0.500. The number of anilines is 1. The Hall–Kier alpha value is -1.62. The van der Waals surface area contributed by atoms with Crippen LogP contribution in [-0.4, -0.2) is 36.6 Å². The lowest BCUT2D eigenvalue weighted by Crippen LogP contribution is -2.41. The molecule has 104 valence electrons. The van der Waals surface area contributed by atoms with Gasteiger partial charge in [-0.3, -0.25) is 4.79 Å². The molecule has 2 rings (SSSR count). The zero-order chi connectivity index (χ0) is 14.2. The van der Waals surface area contributed by atoms with Gasteiger partial charge in [0.05, 0.1) is 17.7 Å². The van der Waals surface area contributed by atoms with Crippen molar-refractivity contribution in [1.82, 2.24) is 4.90 Å². The van der Waals surface area contributed by atoms with Crippen molar-refractivity contribution in [2.45, 2.75) is 32.4 Å². The van der Waals surface area contributed by atoms with Gasteiger partial charge in [-0.15, -0.1) is 0 Å². The monoisotopic (exact) mass is 266 g/mol. The summed E-state index contributed by atoms with van der Waals surface area (Å²) in [6, 6.07) is 2.89. The predicted molar refractivity (Wildman–Crippen MR) is 71.5 cm³/mol. The number of aryl methyl sites for hydroxylation is 1. The van der Waals surface area contributed by atoms with Crippen molar-refractivity contribution in [2.75, 3.05) is 19.4 Å². The van der Waals surface area contributed by atoms with Crippen molar-refractivity contribution in [2.24, 2.45) is 0 Å². The van der Waals surface area contributed by atoms with E-state index in [4.69, 9.17) is 10.5 Å². The Kier molecular flexibility index (Phi) is 3.75. The first-order valence-corrected chi connectivity index (χ1v) is 6.36. The molecule has 2 N–H and O–H groups in total. The highest BCUT2D eigenvalue weighted by molar-refractivity contribution is 5.95. The number of nitrogen functional groups attached to an aromatic ring is 1. The van der Waals surface area contributed by atoms with Crippen molar-refractivity contribution in [3.63, 3.8) is 0 Å². The molecule has 1 aromatic rings. The third-order valence-electron chi connectivity index (χ3n) is 3.66. The molecule has 0 aromatic heterocycles. The number of carbonyl (C=O) groups is 1. The minimum Gasteiger partial charge on any atom is -0.399 e. The molecule has 1 heterocycles. The fourth-order valence-electron chi connectivity index (χ4n) is 2.52. The van der Waals surface area contributed by atoms with Crippen LogP contribution >= 0.6 is 0 Å². The maximum atomic E-state index is 14.0. The minimum absolute atomic E-state index is 0.0198. The second kappa shape index (κ2) is 5.17. The molecule has 1 aromatic carbocycles. The van der Waals surface area contributed by atoms with Gasteiger partial charge >= 0.3 is 0 Å². The summed E-state index contributed by atoms with van der Waals surface area (Å²) in [4.78, 5) is 13.9. The number of amides is 1. The van der Waals surface area contributed by atoms with Gasteiger partial charge in [0.1, 0.15) is 5.82 Å². The number of ether oxygens (including phenoxy) is 1. The maximum Gasteiger partial charge on any atom is 0.256 e. The normalized spacial score (nSPS) is 22.5. The van der Waals surface area contributed by atoms with Gasteiger partial charge in [-0.05, 0) is 38.0 Å². The molecule has 0 bridgehead atoms. The highest BCUT2D eigenvalue weighted by atomic mass is 19.1. The van der Waals surface area contributed by atoms with E-state index in [0.717, 1.165) is 6.42 Å². The molecular weight excluding hydrogens is 247 g/mol. The van der Waals surface area contributed by atoms with Gasteiger partial charge in [-0.2, -0.15) is 0 Å². The lowest BCUT2D eigenvalue weighted by atomic mass is 10.1. The highest BCUT2D eigenvalue weighted by Crippen LogP contribution is 2.23. The fourth-order valence-corrected chi connectivity index (χ4v) is 2.52. The van der Waals surface area contributed by atoms with Gasteiger partial charge in [0, 0.05) is 19.3 Å². The molecule has 0 spiro atoms. The van der Waals surface area contributed by atoms with Gasteiger partial charge in [-0.25, -0.2) is 4.39 Å². The number of hydrogen-bond donors (Lipinski definition) is 1. The standard InChI is InChI=1S/C14H19FN2O2/c1-8-6-10(16)7-11(13(8)15)14(18)17(3)12-4-5-19-9(12)2/h6-7,9,12H,4-5,16H2,1-3H3. The zero-order valence-electron chi connectivity index (χ0n) is 11.4. The summed E-state index contributed by atoms with van der Waals surface area (Å²) in [5.41, 5.74) is 6.49. The molecule has 1 aliphatic heterocycles. The van der Waals surface area contributed by atoms with E-state index in [1.165, 1.54) is 12.1 Å². The molecule has 0 aliphatic carbocycles. The molecular formula is C14H19FN2O2. The molecule has 2 unspecified atom stereocenters. The second-order valence-corrected chi connectivity index (χ2v) is 5.05. The third kappa shape index (κ3) is 2.56. The predicted octanol–water partition coefficient (Wildman–Crippen LogP) is 1.97. The quantitative estimate of drug-likeness (QED) is 0.833. The van der Waals surface area contributed by atoms with E-state index >= 15 is 0 Å². The molecule has 4 nitrogen and oxygen atoms in total. The molecule has 1 saturated heterocycles. The van der Waals surface area contributed by atoms with Gasteiger partial charge in [0.2, 0.25) is 0 Å². The lowest BCUT2D eigenvalue weighted by molar-refractivity contribution is 0.0570. The Morgan fingerprint density at radius 1 is 1.53 bits per heavy atom. The summed E-state index contributed by atoms with van der Waals surface area (Å²) in [5.74, 6) is -0.854. The van der Waals surface area contributed by atoms with Crippen molar-refractivity contribution in [1.29, 1.82) is 0 Å².